The van der Waals surface area contributed by atoms with E-state index in [2.05, 4.69) is 13.8 Å². The van der Waals surface area contributed by atoms with Crippen LogP contribution in [0.25, 0.3) is 0 Å². The fourth-order valence-corrected chi connectivity index (χ4v) is 1.38. The summed E-state index contributed by atoms with van der Waals surface area (Å²) in [6.45, 7) is 6.16. The molecule has 0 aromatic heterocycles. The van der Waals surface area contributed by atoms with E-state index in [0.717, 1.165) is 19.3 Å². The van der Waals surface area contributed by atoms with Crippen molar-refractivity contribution in [2.45, 2.75) is 58.5 Å². The standard InChI is InChI=1S/C11H24N2O/c1-5-6-10(3)13(4)11(14)8-7-9(2)12/h9-10H,5-8,12H2,1-4H3. The van der Waals surface area contributed by atoms with E-state index in [-0.39, 0.29) is 11.9 Å². The third-order valence-electron chi connectivity index (χ3n) is 2.57. The third kappa shape index (κ3) is 5.22. The van der Waals surface area contributed by atoms with Crippen molar-refractivity contribution in [3.63, 3.8) is 0 Å². The molecule has 0 saturated heterocycles. The molecular weight excluding hydrogens is 176 g/mol. The summed E-state index contributed by atoms with van der Waals surface area (Å²) < 4.78 is 0. The number of carbonyl (C=O) groups excluding carboxylic acids is 1. The van der Waals surface area contributed by atoms with Crippen molar-refractivity contribution in [2.75, 3.05) is 7.05 Å². The molecule has 1 amide bonds. The van der Waals surface area contributed by atoms with Gasteiger partial charge in [0.15, 0.2) is 0 Å². The molecule has 84 valence electrons. The molecule has 14 heavy (non-hydrogen) atoms. The summed E-state index contributed by atoms with van der Waals surface area (Å²) in [5, 5.41) is 0. The van der Waals surface area contributed by atoms with Crippen molar-refractivity contribution in [1.82, 2.24) is 4.90 Å². The molecule has 3 heteroatoms. The van der Waals surface area contributed by atoms with Crippen LogP contribution >= 0.6 is 0 Å². The Morgan fingerprint density at radius 3 is 2.36 bits per heavy atom. The Hall–Kier alpha value is -0.570. The van der Waals surface area contributed by atoms with E-state index in [1.54, 1.807) is 0 Å². The predicted molar refractivity (Wildman–Crippen MR) is 60.0 cm³/mol. The van der Waals surface area contributed by atoms with Crippen molar-refractivity contribution in [1.29, 1.82) is 0 Å². The largest absolute Gasteiger partial charge is 0.343 e. The van der Waals surface area contributed by atoms with Gasteiger partial charge in [-0.3, -0.25) is 4.79 Å². The first-order valence-electron chi connectivity index (χ1n) is 5.50. The monoisotopic (exact) mass is 200 g/mol. The van der Waals surface area contributed by atoms with Gasteiger partial charge in [-0.1, -0.05) is 13.3 Å². The van der Waals surface area contributed by atoms with Crippen molar-refractivity contribution in [3.8, 4) is 0 Å². The number of nitrogens with two attached hydrogens (primary N) is 1. The van der Waals surface area contributed by atoms with Gasteiger partial charge in [0.1, 0.15) is 0 Å². The molecule has 0 heterocycles. The molecule has 2 N–H and O–H groups in total. The highest BCUT2D eigenvalue weighted by molar-refractivity contribution is 5.76. The number of amides is 1. The molecule has 0 aliphatic rings. The molecule has 0 saturated carbocycles. The minimum atomic E-state index is 0.119. The molecule has 0 aliphatic heterocycles. The number of nitrogens with zero attached hydrogens (tertiary/aromatic N) is 1. The lowest BCUT2D eigenvalue weighted by Gasteiger charge is -2.25. The molecule has 0 bridgehead atoms. The molecule has 0 spiro atoms. The van der Waals surface area contributed by atoms with Gasteiger partial charge >= 0.3 is 0 Å². The van der Waals surface area contributed by atoms with Gasteiger partial charge in [0, 0.05) is 25.6 Å². The van der Waals surface area contributed by atoms with E-state index in [0.29, 0.717) is 12.5 Å². The van der Waals surface area contributed by atoms with E-state index in [1.165, 1.54) is 0 Å². The van der Waals surface area contributed by atoms with Crippen molar-refractivity contribution in [2.24, 2.45) is 5.73 Å². The Labute approximate surface area is 87.6 Å². The first kappa shape index (κ1) is 13.4. The molecular formula is C11H24N2O. The van der Waals surface area contributed by atoms with Gasteiger partial charge in [-0.25, -0.2) is 0 Å². The van der Waals surface area contributed by atoms with Crippen molar-refractivity contribution >= 4 is 5.91 Å². The fraction of sp³-hybridized carbons (Fsp3) is 0.909. The lowest BCUT2D eigenvalue weighted by atomic mass is 10.1. The lowest BCUT2D eigenvalue weighted by Crippen LogP contribution is -2.35. The molecule has 0 radical (unpaired) electrons. The molecule has 0 rings (SSSR count). The van der Waals surface area contributed by atoms with Gasteiger partial charge in [-0.2, -0.15) is 0 Å². The minimum absolute atomic E-state index is 0.119. The van der Waals surface area contributed by atoms with Gasteiger partial charge in [0.05, 0.1) is 0 Å². The molecule has 0 aromatic carbocycles. The number of hydrogen-bond donors (Lipinski definition) is 1. The van der Waals surface area contributed by atoms with Gasteiger partial charge < -0.3 is 10.6 Å². The molecule has 2 unspecified atom stereocenters. The zero-order valence-corrected chi connectivity index (χ0v) is 9.92. The summed E-state index contributed by atoms with van der Waals surface area (Å²) in [6.07, 6.45) is 3.54. The van der Waals surface area contributed by atoms with Crippen LogP contribution in [0, 0.1) is 0 Å². The Bertz CT molecular complexity index is 169. The van der Waals surface area contributed by atoms with E-state index in [9.17, 15) is 4.79 Å². The van der Waals surface area contributed by atoms with Crippen molar-refractivity contribution < 1.29 is 4.79 Å². The average Bonchev–Trinajstić information content (AvgIpc) is 2.13. The SMILES string of the molecule is CCCC(C)N(C)C(=O)CCC(C)N. The molecule has 2 atom stereocenters. The minimum Gasteiger partial charge on any atom is -0.343 e. The summed E-state index contributed by atoms with van der Waals surface area (Å²) >= 11 is 0. The van der Waals surface area contributed by atoms with Crippen LogP contribution in [0.4, 0.5) is 0 Å². The fourth-order valence-electron chi connectivity index (χ4n) is 1.38. The summed E-state index contributed by atoms with van der Waals surface area (Å²) in [6, 6.07) is 0.467. The zero-order valence-electron chi connectivity index (χ0n) is 9.92. The summed E-state index contributed by atoms with van der Waals surface area (Å²) in [5.41, 5.74) is 5.60. The van der Waals surface area contributed by atoms with Gasteiger partial charge in [0.2, 0.25) is 5.91 Å². The Morgan fingerprint density at radius 1 is 1.36 bits per heavy atom. The zero-order chi connectivity index (χ0) is 11.1. The molecule has 0 aliphatic carbocycles. The van der Waals surface area contributed by atoms with E-state index in [4.69, 9.17) is 5.73 Å². The molecule has 3 nitrogen and oxygen atoms in total. The van der Waals surface area contributed by atoms with Crippen LogP contribution in [0.5, 0.6) is 0 Å². The number of hydrogen-bond acceptors (Lipinski definition) is 2. The second-order valence-corrected chi connectivity index (χ2v) is 4.16. The van der Waals surface area contributed by atoms with Crippen LogP contribution in [0.2, 0.25) is 0 Å². The van der Waals surface area contributed by atoms with Gasteiger partial charge in [-0.05, 0) is 26.7 Å². The lowest BCUT2D eigenvalue weighted by molar-refractivity contribution is -0.131. The van der Waals surface area contributed by atoms with Crippen LogP contribution in [0.1, 0.15) is 46.5 Å². The van der Waals surface area contributed by atoms with Crippen LogP contribution in [0.3, 0.4) is 0 Å². The Kier molecular flexibility index (Phi) is 6.54. The highest BCUT2D eigenvalue weighted by Gasteiger charge is 2.14. The second kappa shape index (κ2) is 6.82. The van der Waals surface area contributed by atoms with Crippen LogP contribution in [0.15, 0.2) is 0 Å². The highest BCUT2D eigenvalue weighted by Crippen LogP contribution is 2.07. The smallest absolute Gasteiger partial charge is 0.222 e. The summed E-state index contributed by atoms with van der Waals surface area (Å²) in [7, 11) is 1.88. The molecule has 0 fully saturated rings. The molecule has 0 aromatic rings. The first-order valence-corrected chi connectivity index (χ1v) is 5.50. The average molecular weight is 200 g/mol. The number of carbonyl (C=O) groups is 1. The van der Waals surface area contributed by atoms with Gasteiger partial charge in [-0.15, -0.1) is 0 Å². The Balaban J connectivity index is 3.86. The maximum atomic E-state index is 11.6. The maximum Gasteiger partial charge on any atom is 0.222 e. The number of rotatable bonds is 6. The van der Waals surface area contributed by atoms with Crippen molar-refractivity contribution in [3.05, 3.63) is 0 Å². The second-order valence-electron chi connectivity index (χ2n) is 4.16. The third-order valence-corrected chi connectivity index (χ3v) is 2.57. The van der Waals surface area contributed by atoms with Crippen LogP contribution < -0.4 is 5.73 Å². The topological polar surface area (TPSA) is 46.3 Å². The summed E-state index contributed by atoms with van der Waals surface area (Å²) in [4.78, 5) is 13.5. The predicted octanol–water partition coefficient (Wildman–Crippen LogP) is 1.76. The van der Waals surface area contributed by atoms with E-state index >= 15 is 0 Å². The maximum absolute atomic E-state index is 11.6. The van der Waals surface area contributed by atoms with Gasteiger partial charge in [0.25, 0.3) is 0 Å². The normalized spacial score (nSPS) is 14.9. The van der Waals surface area contributed by atoms with E-state index in [1.807, 2.05) is 18.9 Å². The van der Waals surface area contributed by atoms with Crippen LogP contribution in [-0.2, 0) is 4.79 Å². The van der Waals surface area contributed by atoms with Crippen LogP contribution in [-0.4, -0.2) is 29.9 Å². The Morgan fingerprint density at radius 2 is 1.93 bits per heavy atom. The highest BCUT2D eigenvalue weighted by atomic mass is 16.2. The summed E-state index contributed by atoms with van der Waals surface area (Å²) in [5.74, 6) is 0.211. The quantitative estimate of drug-likeness (QED) is 0.710. The first-order chi connectivity index (χ1) is 6.49. The van der Waals surface area contributed by atoms with E-state index < -0.39 is 0 Å².